The zero-order valence-corrected chi connectivity index (χ0v) is 15.1. The number of rotatable bonds is 3. The molecule has 0 saturated carbocycles. The van der Waals surface area contributed by atoms with Crippen LogP contribution in [0.25, 0.3) is 17.1 Å². The van der Waals surface area contributed by atoms with Gasteiger partial charge in [0.15, 0.2) is 0 Å². The fourth-order valence-corrected chi connectivity index (χ4v) is 2.55. The van der Waals surface area contributed by atoms with Crippen LogP contribution in [0.15, 0.2) is 48.8 Å². The molecule has 0 amide bonds. The van der Waals surface area contributed by atoms with Gasteiger partial charge in [-0.25, -0.2) is 0 Å². The number of aromatic nitrogens is 2. The van der Waals surface area contributed by atoms with E-state index in [1.165, 1.54) is 16.8 Å². The van der Waals surface area contributed by atoms with Crippen molar-refractivity contribution in [1.82, 2.24) is 9.55 Å². The number of hydrogen-bond acceptors (Lipinski definition) is 2. The quantitative estimate of drug-likeness (QED) is 0.543. The molecule has 0 fully saturated rings. The molecule has 3 rings (SSSR count). The number of nitrogens with zero attached hydrogens (tertiary/aromatic N) is 2. The molecule has 1 radical (unpaired) electrons. The Hall–Kier alpha value is -1.90. The van der Waals surface area contributed by atoms with Gasteiger partial charge in [0.25, 0.3) is 0 Å². The zero-order chi connectivity index (χ0) is 14.8. The molecule has 3 nitrogen and oxygen atoms in total. The standard InChI is InChI=1S/C18H17N2O.Ir/c1-13-5-4-6-14(2)17(13)20-12-11-19-18(20)15-7-9-16(21-3)10-8-15;/h4-7,9-12H,1-3H3;/q-1;. The minimum absolute atomic E-state index is 0. The fourth-order valence-electron chi connectivity index (χ4n) is 2.55. The topological polar surface area (TPSA) is 27.1 Å². The van der Waals surface area contributed by atoms with Crippen LogP contribution in [0.1, 0.15) is 11.1 Å². The van der Waals surface area contributed by atoms with Gasteiger partial charge in [-0.1, -0.05) is 18.2 Å². The van der Waals surface area contributed by atoms with Crippen molar-refractivity contribution in [3.8, 4) is 22.8 Å². The maximum absolute atomic E-state index is 5.18. The van der Waals surface area contributed by atoms with Crippen molar-refractivity contribution in [2.75, 3.05) is 7.11 Å². The fraction of sp³-hybridized carbons (Fsp3) is 0.167. The van der Waals surface area contributed by atoms with Gasteiger partial charge in [0.1, 0.15) is 0 Å². The minimum Gasteiger partial charge on any atom is -0.540 e. The van der Waals surface area contributed by atoms with Gasteiger partial charge < -0.3 is 9.30 Å². The van der Waals surface area contributed by atoms with Gasteiger partial charge in [-0.05, 0) is 25.0 Å². The normalized spacial score (nSPS) is 10.1. The summed E-state index contributed by atoms with van der Waals surface area (Å²) in [5.41, 5.74) is 4.57. The molecule has 4 heteroatoms. The van der Waals surface area contributed by atoms with Crippen LogP contribution in [0.4, 0.5) is 0 Å². The van der Waals surface area contributed by atoms with E-state index in [9.17, 15) is 0 Å². The number of methoxy groups -OCH3 is 1. The Morgan fingerprint density at radius 2 is 1.82 bits per heavy atom. The molecular formula is C18H17IrN2O-. The van der Waals surface area contributed by atoms with Crippen LogP contribution in [0.2, 0.25) is 0 Å². The largest absolute Gasteiger partial charge is 0.540 e. The summed E-state index contributed by atoms with van der Waals surface area (Å²) in [7, 11) is 1.65. The molecule has 1 heterocycles. The molecule has 0 saturated heterocycles. The molecule has 0 aliphatic rings. The Morgan fingerprint density at radius 3 is 2.41 bits per heavy atom. The monoisotopic (exact) mass is 470 g/mol. The van der Waals surface area contributed by atoms with Crippen LogP contribution in [-0.2, 0) is 20.1 Å². The first kappa shape index (κ1) is 16.5. The van der Waals surface area contributed by atoms with E-state index in [4.69, 9.17) is 4.74 Å². The third-order valence-corrected chi connectivity index (χ3v) is 3.58. The van der Waals surface area contributed by atoms with E-state index in [1.54, 1.807) is 7.11 Å². The van der Waals surface area contributed by atoms with Crippen molar-refractivity contribution in [1.29, 1.82) is 0 Å². The summed E-state index contributed by atoms with van der Waals surface area (Å²) in [5.74, 6) is 1.68. The number of benzene rings is 2. The predicted molar refractivity (Wildman–Crippen MR) is 83.9 cm³/mol. The zero-order valence-electron chi connectivity index (χ0n) is 12.8. The molecule has 0 spiro atoms. The van der Waals surface area contributed by atoms with Gasteiger partial charge >= 0.3 is 0 Å². The van der Waals surface area contributed by atoms with E-state index in [1.807, 2.05) is 30.6 Å². The first-order valence-corrected chi connectivity index (χ1v) is 6.86. The Bertz CT molecular complexity index is 743. The van der Waals surface area contributed by atoms with Crippen molar-refractivity contribution in [2.24, 2.45) is 0 Å². The molecule has 0 unspecified atom stereocenters. The molecule has 0 aliphatic carbocycles. The molecule has 115 valence electrons. The summed E-state index contributed by atoms with van der Waals surface area (Å²) in [6.07, 6.45) is 3.81. The van der Waals surface area contributed by atoms with Gasteiger partial charge in [0.05, 0.1) is 12.9 Å². The van der Waals surface area contributed by atoms with Crippen LogP contribution in [0.5, 0.6) is 5.75 Å². The van der Waals surface area contributed by atoms with Gasteiger partial charge in [-0.15, -0.1) is 29.8 Å². The second-order valence-electron chi connectivity index (χ2n) is 5.00. The predicted octanol–water partition coefficient (Wildman–Crippen LogP) is 3.96. The first-order chi connectivity index (χ1) is 10.2. The molecule has 0 aliphatic heterocycles. The van der Waals surface area contributed by atoms with Gasteiger partial charge in [0, 0.05) is 43.9 Å². The molecule has 2 aromatic carbocycles. The van der Waals surface area contributed by atoms with Crippen molar-refractivity contribution < 1.29 is 24.8 Å². The smallest absolute Gasteiger partial charge is 0.0647 e. The molecule has 22 heavy (non-hydrogen) atoms. The number of aryl methyl sites for hydroxylation is 2. The third kappa shape index (κ3) is 2.99. The number of para-hydroxylation sites is 1. The summed E-state index contributed by atoms with van der Waals surface area (Å²) in [6.45, 7) is 4.23. The Balaban J connectivity index is 0.00000176. The molecule has 0 N–H and O–H groups in total. The van der Waals surface area contributed by atoms with Crippen molar-refractivity contribution in [3.05, 3.63) is 66.0 Å². The molecule has 1 aromatic heterocycles. The number of ether oxygens (including phenoxy) is 1. The van der Waals surface area contributed by atoms with Crippen molar-refractivity contribution in [2.45, 2.75) is 13.8 Å². The van der Waals surface area contributed by atoms with Crippen LogP contribution < -0.4 is 4.74 Å². The summed E-state index contributed by atoms with van der Waals surface area (Å²) >= 11 is 0. The number of imidazole rings is 1. The third-order valence-electron chi connectivity index (χ3n) is 3.58. The van der Waals surface area contributed by atoms with E-state index in [-0.39, 0.29) is 20.1 Å². The maximum Gasteiger partial charge on any atom is 0.0647 e. The van der Waals surface area contributed by atoms with E-state index in [0.717, 1.165) is 17.1 Å². The van der Waals surface area contributed by atoms with Gasteiger partial charge in [-0.3, -0.25) is 4.98 Å². The molecule has 3 aromatic rings. The second-order valence-corrected chi connectivity index (χ2v) is 5.00. The summed E-state index contributed by atoms with van der Waals surface area (Å²) < 4.78 is 7.30. The Morgan fingerprint density at radius 1 is 1.09 bits per heavy atom. The second kappa shape index (κ2) is 6.91. The summed E-state index contributed by atoms with van der Waals surface area (Å²) in [5, 5.41) is 0. The molecule has 0 bridgehead atoms. The average molecular weight is 470 g/mol. The van der Waals surface area contributed by atoms with Gasteiger partial charge in [0.2, 0.25) is 0 Å². The summed E-state index contributed by atoms with van der Waals surface area (Å²) in [6, 6.07) is 15.3. The summed E-state index contributed by atoms with van der Waals surface area (Å²) in [4.78, 5) is 4.49. The first-order valence-electron chi connectivity index (χ1n) is 6.86. The van der Waals surface area contributed by atoms with Crippen LogP contribution in [0.3, 0.4) is 0 Å². The van der Waals surface area contributed by atoms with Crippen LogP contribution >= 0.6 is 0 Å². The Kier molecular flexibility index (Phi) is 5.17. The van der Waals surface area contributed by atoms with Gasteiger partial charge in [-0.2, -0.15) is 0 Å². The van der Waals surface area contributed by atoms with E-state index in [2.05, 4.69) is 47.7 Å². The van der Waals surface area contributed by atoms with Crippen molar-refractivity contribution in [3.63, 3.8) is 0 Å². The van der Waals surface area contributed by atoms with Crippen LogP contribution in [-0.4, -0.2) is 16.7 Å². The number of hydrogen-bond donors (Lipinski definition) is 0. The molecular weight excluding hydrogens is 452 g/mol. The van der Waals surface area contributed by atoms with E-state index in [0.29, 0.717) is 0 Å². The van der Waals surface area contributed by atoms with Crippen LogP contribution in [0, 0.1) is 19.9 Å². The maximum atomic E-state index is 5.18. The van der Waals surface area contributed by atoms with Crippen molar-refractivity contribution >= 4 is 0 Å². The SMILES string of the molecule is COc1c[c-]c(-c2nccn2-c2c(C)cccc2C)cc1.[Ir]. The van der Waals surface area contributed by atoms with E-state index < -0.39 is 0 Å². The Labute approximate surface area is 144 Å². The minimum atomic E-state index is 0. The average Bonchev–Trinajstić information content (AvgIpc) is 2.96. The van der Waals surface area contributed by atoms with E-state index >= 15 is 0 Å². The molecule has 0 atom stereocenters.